The zero-order valence-electron chi connectivity index (χ0n) is 20.4. The number of methoxy groups -OCH3 is 1. The van der Waals surface area contributed by atoms with Crippen molar-refractivity contribution in [1.82, 2.24) is 10.6 Å². The second-order valence-electron chi connectivity index (χ2n) is 8.12. The summed E-state index contributed by atoms with van der Waals surface area (Å²) < 4.78 is 10.3. The van der Waals surface area contributed by atoms with Gasteiger partial charge in [-0.1, -0.05) is 64.8 Å². The summed E-state index contributed by atoms with van der Waals surface area (Å²) in [5.41, 5.74) is 2.51. The van der Waals surface area contributed by atoms with E-state index in [2.05, 4.69) is 16.7 Å². The van der Waals surface area contributed by atoms with Crippen LogP contribution in [0.15, 0.2) is 47.0 Å². The average molecular weight is 562 g/mol. The fraction of sp³-hybridized carbons (Fsp3) is 0.308. The van der Waals surface area contributed by atoms with Crippen LogP contribution in [0.2, 0.25) is 10.0 Å². The maximum Gasteiger partial charge on any atom is 0.319 e. The number of carbonyl (C=O) groups excluding carboxylic acids is 3. The fourth-order valence-corrected chi connectivity index (χ4v) is 5.31. The number of aryl methyl sites for hydroxylation is 1. The Kier molecular flexibility index (Phi) is 9.86. The smallest absolute Gasteiger partial charge is 0.319 e. The third kappa shape index (κ3) is 6.77. The molecule has 2 aromatic carbocycles. The average Bonchev–Trinajstić information content (AvgIpc) is 2.88. The lowest BCUT2D eigenvalue weighted by Gasteiger charge is -2.31. The normalized spacial score (nSPS) is 17.0. The standard InChI is InChI=1S/C26H25Cl2N3O5S/c1-4-36-23-18(27)9-16(10-19(23)28)21-17(11-29)25(31-24(33)22(21)26(34)35-3)37-13-20(32)30-12-15-7-5-14(2)6-8-15/h5-10,21-22H,4,12-13H2,1-3H3,(H,30,32)(H,31,33)/t21-,22-/m1/s1. The van der Waals surface area contributed by atoms with E-state index in [1.54, 1.807) is 6.92 Å². The highest BCUT2D eigenvalue weighted by molar-refractivity contribution is 8.03. The molecule has 3 rings (SSSR count). The van der Waals surface area contributed by atoms with Gasteiger partial charge in [0.1, 0.15) is 5.92 Å². The van der Waals surface area contributed by atoms with Gasteiger partial charge < -0.3 is 20.1 Å². The zero-order valence-corrected chi connectivity index (χ0v) is 22.7. The second-order valence-corrected chi connectivity index (χ2v) is 9.92. The molecule has 0 aliphatic carbocycles. The molecule has 1 heterocycles. The number of nitrogens with zero attached hydrogens (tertiary/aromatic N) is 1. The molecule has 1 aliphatic heterocycles. The van der Waals surface area contributed by atoms with Gasteiger partial charge in [0.15, 0.2) is 5.75 Å². The van der Waals surface area contributed by atoms with Crippen LogP contribution in [0.4, 0.5) is 0 Å². The second kappa shape index (κ2) is 12.9. The monoisotopic (exact) mass is 561 g/mol. The summed E-state index contributed by atoms with van der Waals surface area (Å²) in [5, 5.41) is 16.0. The molecule has 194 valence electrons. The number of benzene rings is 2. The summed E-state index contributed by atoms with van der Waals surface area (Å²) >= 11 is 13.7. The minimum atomic E-state index is -1.36. The zero-order chi connectivity index (χ0) is 27.1. The predicted molar refractivity (Wildman–Crippen MR) is 142 cm³/mol. The molecule has 0 saturated carbocycles. The van der Waals surface area contributed by atoms with Crippen molar-refractivity contribution in [2.24, 2.45) is 5.92 Å². The SMILES string of the molecule is CCOc1c(Cl)cc([C@@H]2C(C#N)=C(SCC(=O)NCc3ccc(C)cc3)NC(=O)[C@@H]2C(=O)OC)cc1Cl. The van der Waals surface area contributed by atoms with Crippen LogP contribution in [0.3, 0.4) is 0 Å². The molecule has 8 nitrogen and oxygen atoms in total. The Morgan fingerprint density at radius 3 is 2.41 bits per heavy atom. The maximum atomic E-state index is 13.0. The Hall–Kier alpha value is -3.19. The number of esters is 1. The topological polar surface area (TPSA) is 118 Å². The predicted octanol–water partition coefficient (Wildman–Crippen LogP) is 4.49. The molecule has 2 atom stereocenters. The number of amides is 2. The molecule has 11 heteroatoms. The minimum absolute atomic E-state index is 0.0624. The van der Waals surface area contributed by atoms with Crippen molar-refractivity contribution >= 4 is 52.7 Å². The van der Waals surface area contributed by atoms with E-state index in [4.69, 9.17) is 32.7 Å². The molecule has 0 bridgehead atoms. The lowest BCUT2D eigenvalue weighted by atomic mass is 9.78. The molecule has 0 aromatic heterocycles. The number of nitrogens with one attached hydrogen (secondary N) is 2. The van der Waals surface area contributed by atoms with E-state index in [-0.39, 0.29) is 38.1 Å². The van der Waals surface area contributed by atoms with Crippen LogP contribution in [0, 0.1) is 24.2 Å². The highest BCUT2D eigenvalue weighted by Gasteiger charge is 2.44. The van der Waals surface area contributed by atoms with Gasteiger partial charge in [-0.3, -0.25) is 14.4 Å². The first kappa shape index (κ1) is 28.4. The number of hydrogen-bond donors (Lipinski definition) is 2. The highest BCUT2D eigenvalue weighted by atomic mass is 35.5. The first-order valence-electron chi connectivity index (χ1n) is 11.3. The van der Waals surface area contributed by atoms with Crippen molar-refractivity contribution in [1.29, 1.82) is 5.26 Å². The minimum Gasteiger partial charge on any atom is -0.491 e. The summed E-state index contributed by atoms with van der Waals surface area (Å²) in [6.45, 7) is 4.42. The lowest BCUT2D eigenvalue weighted by Crippen LogP contribution is -2.44. The van der Waals surface area contributed by atoms with E-state index in [1.807, 2.05) is 31.2 Å². The number of carbonyl (C=O) groups is 3. The number of ether oxygens (including phenoxy) is 2. The van der Waals surface area contributed by atoms with Crippen molar-refractivity contribution in [3.8, 4) is 11.8 Å². The molecule has 2 aromatic rings. The van der Waals surface area contributed by atoms with E-state index in [1.165, 1.54) is 12.1 Å². The number of halogens is 2. The molecule has 37 heavy (non-hydrogen) atoms. The van der Waals surface area contributed by atoms with Crippen molar-refractivity contribution in [3.63, 3.8) is 0 Å². The Bertz CT molecular complexity index is 1250. The molecule has 0 radical (unpaired) electrons. The molecule has 1 aliphatic rings. The van der Waals surface area contributed by atoms with Crippen LogP contribution in [-0.2, 0) is 25.7 Å². The molecule has 0 spiro atoms. The molecule has 0 saturated heterocycles. The molecular weight excluding hydrogens is 537 g/mol. The Balaban J connectivity index is 1.89. The Morgan fingerprint density at radius 1 is 1.19 bits per heavy atom. The summed E-state index contributed by atoms with van der Waals surface area (Å²) in [5.74, 6) is -3.97. The molecule has 2 N–H and O–H groups in total. The van der Waals surface area contributed by atoms with Crippen molar-refractivity contribution in [2.45, 2.75) is 26.3 Å². The van der Waals surface area contributed by atoms with Crippen LogP contribution in [0.1, 0.15) is 29.5 Å². The van der Waals surface area contributed by atoms with Gasteiger partial charge in [0.2, 0.25) is 11.8 Å². The third-order valence-corrected chi connectivity index (χ3v) is 7.19. The maximum absolute atomic E-state index is 13.0. The van der Waals surface area contributed by atoms with Crippen LogP contribution in [0.5, 0.6) is 5.75 Å². The number of rotatable bonds is 9. The quantitative estimate of drug-likeness (QED) is 0.342. The first-order valence-corrected chi connectivity index (χ1v) is 13.0. The van der Waals surface area contributed by atoms with E-state index < -0.39 is 23.7 Å². The van der Waals surface area contributed by atoms with E-state index in [0.29, 0.717) is 18.7 Å². The van der Waals surface area contributed by atoms with E-state index in [0.717, 1.165) is 30.0 Å². The summed E-state index contributed by atoms with van der Waals surface area (Å²) in [4.78, 5) is 38.1. The van der Waals surface area contributed by atoms with Crippen molar-refractivity contribution in [2.75, 3.05) is 19.5 Å². The van der Waals surface area contributed by atoms with Gasteiger partial charge in [-0.25, -0.2) is 0 Å². The fourth-order valence-electron chi connectivity index (χ4n) is 3.82. The van der Waals surface area contributed by atoms with E-state index in [9.17, 15) is 19.6 Å². The van der Waals surface area contributed by atoms with Crippen LogP contribution >= 0.6 is 35.0 Å². The van der Waals surface area contributed by atoms with Crippen molar-refractivity contribution < 1.29 is 23.9 Å². The van der Waals surface area contributed by atoms with Gasteiger partial charge in [0.25, 0.3) is 0 Å². The van der Waals surface area contributed by atoms with Crippen LogP contribution in [-0.4, -0.2) is 37.3 Å². The number of allylic oxidation sites excluding steroid dienone is 1. The van der Waals surface area contributed by atoms with Crippen molar-refractivity contribution in [3.05, 3.63) is 73.7 Å². The van der Waals surface area contributed by atoms with E-state index >= 15 is 0 Å². The number of thioether (sulfide) groups is 1. The lowest BCUT2D eigenvalue weighted by molar-refractivity contribution is -0.150. The molecule has 0 fully saturated rings. The Labute approximate surface area is 229 Å². The van der Waals surface area contributed by atoms with Gasteiger partial charge in [-0.15, -0.1) is 0 Å². The number of nitriles is 1. The molecule has 2 amide bonds. The first-order chi connectivity index (χ1) is 17.7. The van der Waals surface area contributed by atoms with Crippen LogP contribution in [0.25, 0.3) is 0 Å². The van der Waals surface area contributed by atoms with Crippen LogP contribution < -0.4 is 15.4 Å². The van der Waals surface area contributed by atoms with Gasteiger partial charge >= 0.3 is 5.97 Å². The summed E-state index contributed by atoms with van der Waals surface area (Å²) in [7, 11) is 1.16. The largest absolute Gasteiger partial charge is 0.491 e. The van der Waals surface area contributed by atoms with Gasteiger partial charge in [0.05, 0.1) is 46.2 Å². The summed E-state index contributed by atoms with van der Waals surface area (Å²) in [6, 6.07) is 12.8. The van der Waals surface area contributed by atoms with Gasteiger partial charge in [0, 0.05) is 12.5 Å². The third-order valence-electron chi connectivity index (χ3n) is 5.61. The molecular formula is C26H25Cl2N3O5S. The number of hydrogen-bond acceptors (Lipinski definition) is 7. The molecule has 0 unspecified atom stereocenters. The van der Waals surface area contributed by atoms with Gasteiger partial charge in [-0.2, -0.15) is 5.26 Å². The Morgan fingerprint density at radius 2 is 1.84 bits per heavy atom. The summed E-state index contributed by atoms with van der Waals surface area (Å²) in [6.07, 6.45) is 0. The highest BCUT2D eigenvalue weighted by Crippen LogP contribution is 2.44. The van der Waals surface area contributed by atoms with Gasteiger partial charge in [-0.05, 0) is 37.1 Å².